The number of nitrogens with two attached hydrogens (primary N) is 1. The second kappa shape index (κ2) is 11.0. The first-order valence-corrected chi connectivity index (χ1v) is 9.04. The van der Waals surface area contributed by atoms with Crippen molar-refractivity contribution in [2.45, 2.75) is 38.8 Å². The highest BCUT2D eigenvalue weighted by atomic mass is 35.5. The van der Waals surface area contributed by atoms with Gasteiger partial charge in [-0.15, -0.1) is 12.4 Å². The fourth-order valence-electron chi connectivity index (χ4n) is 3.07. The topological polar surface area (TPSA) is 78.7 Å². The van der Waals surface area contributed by atoms with Crippen LogP contribution in [0.1, 0.15) is 31.7 Å². The standard InChI is InChI=1S/C19H30N4O2.ClH/c1-15(20)8-11-21-18(24)17-9-12-23(13-10-17)19(25)22(2)14-16-6-4-3-5-7-16;/h3-7,15,17H,8-14,20H2,1-2H3,(H,21,24);1H. The molecule has 1 saturated heterocycles. The van der Waals surface area contributed by atoms with Crippen molar-refractivity contribution in [3.63, 3.8) is 0 Å². The van der Waals surface area contributed by atoms with Crippen LogP contribution >= 0.6 is 12.4 Å². The summed E-state index contributed by atoms with van der Waals surface area (Å²) in [4.78, 5) is 28.3. The lowest BCUT2D eigenvalue weighted by Crippen LogP contribution is -2.47. The maximum Gasteiger partial charge on any atom is 0.320 e. The van der Waals surface area contributed by atoms with Gasteiger partial charge < -0.3 is 20.9 Å². The number of hydrogen-bond donors (Lipinski definition) is 2. The number of halogens is 1. The summed E-state index contributed by atoms with van der Waals surface area (Å²) in [6, 6.07) is 10.1. The molecule has 0 bridgehead atoms. The van der Waals surface area contributed by atoms with Gasteiger partial charge in [0.1, 0.15) is 0 Å². The molecule has 7 heteroatoms. The average Bonchev–Trinajstić information content (AvgIpc) is 2.61. The number of nitrogens with zero attached hydrogens (tertiary/aromatic N) is 2. The number of hydrogen-bond acceptors (Lipinski definition) is 3. The minimum atomic E-state index is -0.00319. The number of benzene rings is 1. The molecule has 0 saturated carbocycles. The highest BCUT2D eigenvalue weighted by Gasteiger charge is 2.28. The predicted molar refractivity (Wildman–Crippen MR) is 106 cm³/mol. The fourth-order valence-corrected chi connectivity index (χ4v) is 3.07. The molecule has 1 heterocycles. The number of carbonyl (C=O) groups excluding carboxylic acids is 2. The van der Waals surface area contributed by atoms with Crippen LogP contribution in [-0.4, -0.2) is 54.5 Å². The molecule has 1 unspecified atom stereocenters. The molecule has 3 N–H and O–H groups in total. The molecule has 26 heavy (non-hydrogen) atoms. The summed E-state index contributed by atoms with van der Waals surface area (Å²) in [5.74, 6) is 0.0851. The van der Waals surface area contributed by atoms with Crippen molar-refractivity contribution < 1.29 is 9.59 Å². The predicted octanol–water partition coefficient (Wildman–Crippen LogP) is 2.23. The molecule has 146 valence electrons. The number of likely N-dealkylation sites (tertiary alicyclic amines) is 1. The molecule has 1 fully saturated rings. The normalized spacial score (nSPS) is 15.7. The third kappa shape index (κ3) is 6.84. The zero-order chi connectivity index (χ0) is 18.2. The van der Waals surface area contributed by atoms with Crippen molar-refractivity contribution in [1.82, 2.24) is 15.1 Å². The van der Waals surface area contributed by atoms with Crippen LogP contribution in [0.3, 0.4) is 0 Å². The minimum absolute atomic E-state index is 0. The summed E-state index contributed by atoms with van der Waals surface area (Å²) in [6.07, 6.45) is 2.22. The molecule has 6 nitrogen and oxygen atoms in total. The third-order valence-electron chi connectivity index (χ3n) is 4.62. The minimum Gasteiger partial charge on any atom is -0.356 e. The van der Waals surface area contributed by atoms with Gasteiger partial charge in [0.25, 0.3) is 0 Å². The summed E-state index contributed by atoms with van der Waals surface area (Å²) in [7, 11) is 1.82. The highest BCUT2D eigenvalue weighted by Crippen LogP contribution is 2.19. The maximum atomic E-state index is 12.6. The van der Waals surface area contributed by atoms with E-state index in [1.54, 1.807) is 4.90 Å². The van der Waals surface area contributed by atoms with Gasteiger partial charge in [-0.25, -0.2) is 4.79 Å². The van der Waals surface area contributed by atoms with Crippen molar-refractivity contribution in [2.24, 2.45) is 11.7 Å². The van der Waals surface area contributed by atoms with Crippen LogP contribution in [0, 0.1) is 5.92 Å². The molecule has 0 aromatic heterocycles. The summed E-state index contributed by atoms with van der Waals surface area (Å²) >= 11 is 0. The van der Waals surface area contributed by atoms with E-state index in [1.165, 1.54) is 0 Å². The smallest absolute Gasteiger partial charge is 0.320 e. The molecule has 1 aliphatic heterocycles. The Hall–Kier alpha value is -1.79. The van der Waals surface area contributed by atoms with Gasteiger partial charge in [-0.1, -0.05) is 30.3 Å². The van der Waals surface area contributed by atoms with Crippen molar-refractivity contribution >= 4 is 24.3 Å². The van der Waals surface area contributed by atoms with E-state index in [4.69, 9.17) is 5.73 Å². The first kappa shape index (κ1) is 22.3. The lowest BCUT2D eigenvalue weighted by molar-refractivity contribution is -0.126. The van der Waals surface area contributed by atoms with Gasteiger partial charge in [-0.3, -0.25) is 4.79 Å². The summed E-state index contributed by atoms with van der Waals surface area (Å²) in [6.45, 7) is 4.40. The molecule has 1 aliphatic rings. The Morgan fingerprint density at radius 3 is 2.46 bits per heavy atom. The van der Waals surface area contributed by atoms with Gasteiger partial charge >= 0.3 is 6.03 Å². The van der Waals surface area contributed by atoms with E-state index in [1.807, 2.05) is 49.2 Å². The Labute approximate surface area is 162 Å². The monoisotopic (exact) mass is 382 g/mol. The molecular weight excluding hydrogens is 352 g/mol. The number of rotatable bonds is 6. The quantitative estimate of drug-likeness (QED) is 0.791. The number of piperidine rings is 1. The van der Waals surface area contributed by atoms with Crippen molar-refractivity contribution in [3.8, 4) is 0 Å². The van der Waals surface area contributed by atoms with Gasteiger partial charge in [0.15, 0.2) is 0 Å². The van der Waals surface area contributed by atoms with E-state index in [2.05, 4.69) is 5.32 Å². The van der Waals surface area contributed by atoms with E-state index in [-0.39, 0.29) is 36.3 Å². The second-order valence-corrected chi connectivity index (χ2v) is 6.94. The zero-order valence-electron chi connectivity index (χ0n) is 15.7. The number of carbonyl (C=O) groups is 2. The van der Waals surface area contributed by atoms with Crippen LogP contribution in [0.15, 0.2) is 30.3 Å². The molecule has 1 atom stereocenters. The summed E-state index contributed by atoms with van der Waals surface area (Å²) in [5, 5.41) is 2.95. The first-order valence-electron chi connectivity index (χ1n) is 9.04. The van der Waals surface area contributed by atoms with Crippen molar-refractivity contribution in [3.05, 3.63) is 35.9 Å². The van der Waals surface area contributed by atoms with Crippen LogP contribution in [0.5, 0.6) is 0 Å². The molecule has 1 aromatic rings. The fraction of sp³-hybridized carbons (Fsp3) is 0.579. The highest BCUT2D eigenvalue weighted by molar-refractivity contribution is 5.85. The molecular formula is C19H31ClN4O2. The first-order chi connectivity index (χ1) is 12.0. The lowest BCUT2D eigenvalue weighted by Gasteiger charge is -2.34. The second-order valence-electron chi connectivity index (χ2n) is 6.94. The van der Waals surface area contributed by atoms with Crippen LogP contribution < -0.4 is 11.1 Å². The average molecular weight is 383 g/mol. The van der Waals surface area contributed by atoms with Crippen LogP contribution in [-0.2, 0) is 11.3 Å². The van der Waals surface area contributed by atoms with Gasteiger partial charge in [0, 0.05) is 45.2 Å². The molecule has 1 aromatic carbocycles. The van der Waals surface area contributed by atoms with E-state index in [0.717, 1.165) is 24.8 Å². The zero-order valence-corrected chi connectivity index (χ0v) is 16.5. The summed E-state index contributed by atoms with van der Waals surface area (Å²) in [5.41, 5.74) is 6.80. The Morgan fingerprint density at radius 1 is 1.27 bits per heavy atom. The molecule has 0 radical (unpaired) electrons. The van der Waals surface area contributed by atoms with E-state index in [0.29, 0.717) is 26.2 Å². The van der Waals surface area contributed by atoms with E-state index in [9.17, 15) is 9.59 Å². The largest absolute Gasteiger partial charge is 0.356 e. The molecule has 2 rings (SSSR count). The van der Waals surface area contributed by atoms with Gasteiger partial charge in [0.05, 0.1) is 0 Å². The van der Waals surface area contributed by atoms with Gasteiger partial charge in [-0.05, 0) is 31.7 Å². The molecule has 0 spiro atoms. The molecule has 0 aliphatic carbocycles. The SMILES string of the molecule is CC(N)CCNC(=O)C1CCN(C(=O)N(C)Cc2ccccc2)CC1.Cl. The van der Waals surface area contributed by atoms with Gasteiger partial charge in [-0.2, -0.15) is 0 Å². The van der Waals surface area contributed by atoms with Crippen molar-refractivity contribution in [1.29, 1.82) is 0 Å². The Bertz CT molecular complexity index is 560. The van der Waals surface area contributed by atoms with Gasteiger partial charge in [0.2, 0.25) is 5.91 Å². The maximum absolute atomic E-state index is 12.6. The van der Waals surface area contributed by atoms with E-state index >= 15 is 0 Å². The molecule has 3 amide bonds. The van der Waals surface area contributed by atoms with Crippen LogP contribution in [0.2, 0.25) is 0 Å². The number of urea groups is 1. The lowest BCUT2D eigenvalue weighted by atomic mass is 9.96. The Balaban J connectivity index is 0.00000338. The van der Waals surface area contributed by atoms with Crippen LogP contribution in [0.25, 0.3) is 0 Å². The summed E-state index contributed by atoms with van der Waals surface area (Å²) < 4.78 is 0. The number of amides is 3. The third-order valence-corrected chi connectivity index (χ3v) is 4.62. The van der Waals surface area contributed by atoms with Crippen molar-refractivity contribution in [2.75, 3.05) is 26.7 Å². The Kier molecular flexibility index (Phi) is 9.44. The Morgan fingerprint density at radius 2 is 1.88 bits per heavy atom. The van der Waals surface area contributed by atoms with E-state index < -0.39 is 0 Å². The number of nitrogens with one attached hydrogen (secondary N) is 1. The van der Waals surface area contributed by atoms with Crippen LogP contribution in [0.4, 0.5) is 4.79 Å².